The van der Waals surface area contributed by atoms with Crippen LogP contribution in [0.15, 0.2) is 12.7 Å². The Bertz CT molecular complexity index is 466. The van der Waals surface area contributed by atoms with Crippen molar-refractivity contribution in [1.29, 1.82) is 0 Å². The van der Waals surface area contributed by atoms with E-state index >= 15 is 0 Å². The van der Waals surface area contributed by atoms with Gasteiger partial charge in [0.05, 0.1) is 11.8 Å². The fraction of sp³-hybridized carbons (Fsp3) is 0.583. The van der Waals surface area contributed by atoms with Gasteiger partial charge in [-0.3, -0.25) is 9.64 Å². The molecule has 5 heteroatoms. The molecule has 2 aliphatic carbocycles. The van der Waals surface area contributed by atoms with Crippen molar-refractivity contribution in [2.75, 3.05) is 0 Å². The average Bonchev–Trinajstić information content (AvgIpc) is 2.91. The van der Waals surface area contributed by atoms with Gasteiger partial charge >= 0.3 is 17.7 Å². The van der Waals surface area contributed by atoms with Crippen molar-refractivity contribution in [2.45, 2.75) is 24.7 Å². The monoisotopic (exact) mass is 233 g/mol. The Morgan fingerprint density at radius 2 is 2.41 bits per heavy atom. The van der Waals surface area contributed by atoms with Crippen LogP contribution in [0.2, 0.25) is 0 Å². The van der Waals surface area contributed by atoms with Crippen LogP contribution in [-0.2, 0) is 19.1 Å². The third-order valence-corrected chi connectivity index (χ3v) is 4.12. The number of hydrogen-bond acceptors (Lipinski definition) is 4. The number of nitrogens with zero attached hydrogens (tertiary/aromatic N) is 1. The Morgan fingerprint density at radius 3 is 3.06 bits per heavy atom. The topological polar surface area (TPSA) is 57.0 Å². The largest absolute Gasteiger partial charge is 0.446 e. The molecule has 2 saturated carbocycles. The molecule has 0 aromatic heterocycles. The van der Waals surface area contributed by atoms with Crippen molar-refractivity contribution in [3.8, 4) is 0 Å². The summed E-state index contributed by atoms with van der Waals surface area (Å²) in [7, 11) is 0. The van der Waals surface area contributed by atoms with Crippen LogP contribution in [0.5, 0.6) is 0 Å². The standard InChI is InChI=1S/C12H11NO4/c1-3-9(14)16-10-6-4-7-8(5-6)12(10,13-2)17-11(7)15/h3,6-8,10H,1,4-5H2. The number of esters is 2. The molecule has 5 unspecified atom stereocenters. The highest BCUT2D eigenvalue weighted by molar-refractivity contribution is 5.82. The molecule has 3 rings (SSSR count). The Labute approximate surface area is 98.2 Å². The summed E-state index contributed by atoms with van der Waals surface area (Å²) >= 11 is 0. The van der Waals surface area contributed by atoms with E-state index in [1.54, 1.807) is 0 Å². The number of fused-ring (bicyclic) bond motifs is 1. The first kappa shape index (κ1) is 10.3. The van der Waals surface area contributed by atoms with Gasteiger partial charge < -0.3 is 9.47 Å². The van der Waals surface area contributed by atoms with Crippen LogP contribution >= 0.6 is 0 Å². The van der Waals surface area contributed by atoms with Crippen LogP contribution in [0, 0.1) is 24.3 Å². The number of rotatable bonds is 2. The summed E-state index contributed by atoms with van der Waals surface area (Å²) in [4.78, 5) is 26.4. The van der Waals surface area contributed by atoms with E-state index in [0.717, 1.165) is 12.5 Å². The Morgan fingerprint density at radius 1 is 1.65 bits per heavy atom. The molecule has 0 radical (unpaired) electrons. The summed E-state index contributed by atoms with van der Waals surface area (Å²) in [6.07, 6.45) is 1.83. The average molecular weight is 233 g/mol. The lowest BCUT2D eigenvalue weighted by Crippen LogP contribution is -2.46. The van der Waals surface area contributed by atoms with Crippen LogP contribution in [0.3, 0.4) is 0 Å². The van der Waals surface area contributed by atoms with Crippen LogP contribution in [0.25, 0.3) is 4.85 Å². The number of hydrogen-bond donors (Lipinski definition) is 0. The minimum atomic E-state index is -1.26. The molecule has 17 heavy (non-hydrogen) atoms. The van der Waals surface area contributed by atoms with Gasteiger partial charge in [-0.2, -0.15) is 0 Å². The lowest BCUT2D eigenvalue weighted by Gasteiger charge is -2.26. The van der Waals surface area contributed by atoms with E-state index in [-0.39, 0.29) is 23.7 Å². The van der Waals surface area contributed by atoms with Gasteiger partial charge in [0.2, 0.25) is 6.10 Å². The molecule has 3 aliphatic rings. The van der Waals surface area contributed by atoms with Crippen molar-refractivity contribution in [2.24, 2.45) is 17.8 Å². The normalized spacial score (nSPS) is 45.2. The lowest BCUT2D eigenvalue weighted by atomic mass is 9.84. The molecule has 3 fully saturated rings. The van der Waals surface area contributed by atoms with Crippen molar-refractivity contribution in [3.05, 3.63) is 24.1 Å². The second-order valence-electron chi connectivity index (χ2n) is 4.79. The molecule has 0 spiro atoms. The van der Waals surface area contributed by atoms with Gasteiger partial charge in [-0.25, -0.2) is 11.4 Å². The van der Waals surface area contributed by atoms with Gasteiger partial charge in [0.25, 0.3) is 0 Å². The lowest BCUT2D eigenvalue weighted by molar-refractivity contribution is -0.166. The maximum Gasteiger partial charge on any atom is 0.418 e. The van der Waals surface area contributed by atoms with E-state index in [9.17, 15) is 9.59 Å². The molecular formula is C12H11NO4. The molecule has 0 aromatic carbocycles. The van der Waals surface area contributed by atoms with Crippen LogP contribution in [0.4, 0.5) is 0 Å². The van der Waals surface area contributed by atoms with E-state index in [1.165, 1.54) is 0 Å². The first-order chi connectivity index (χ1) is 8.12. The van der Waals surface area contributed by atoms with E-state index in [2.05, 4.69) is 11.4 Å². The van der Waals surface area contributed by atoms with Gasteiger partial charge in [0, 0.05) is 12.0 Å². The predicted molar refractivity (Wildman–Crippen MR) is 55.2 cm³/mol. The Balaban J connectivity index is 1.96. The molecule has 5 nitrogen and oxygen atoms in total. The zero-order valence-corrected chi connectivity index (χ0v) is 9.09. The molecule has 5 atom stereocenters. The molecule has 2 bridgehead atoms. The molecule has 0 amide bonds. The van der Waals surface area contributed by atoms with Crippen molar-refractivity contribution < 1.29 is 19.1 Å². The van der Waals surface area contributed by atoms with Gasteiger partial charge in [0.1, 0.15) is 0 Å². The van der Waals surface area contributed by atoms with Gasteiger partial charge in [-0.05, 0) is 12.8 Å². The molecule has 88 valence electrons. The maximum absolute atomic E-state index is 11.6. The van der Waals surface area contributed by atoms with Crippen molar-refractivity contribution >= 4 is 11.9 Å². The smallest absolute Gasteiger partial charge is 0.418 e. The first-order valence-corrected chi connectivity index (χ1v) is 5.57. The molecule has 0 aromatic rings. The molecule has 1 saturated heterocycles. The number of ether oxygens (including phenoxy) is 2. The fourth-order valence-electron chi connectivity index (χ4n) is 3.48. The van der Waals surface area contributed by atoms with E-state index in [4.69, 9.17) is 16.0 Å². The highest BCUT2D eigenvalue weighted by atomic mass is 16.6. The Kier molecular flexibility index (Phi) is 1.88. The van der Waals surface area contributed by atoms with Gasteiger partial charge in [-0.15, -0.1) is 0 Å². The van der Waals surface area contributed by atoms with Crippen LogP contribution < -0.4 is 0 Å². The summed E-state index contributed by atoms with van der Waals surface area (Å²) in [6.45, 7) is 10.6. The highest BCUT2D eigenvalue weighted by Crippen LogP contribution is 2.61. The fourth-order valence-corrected chi connectivity index (χ4v) is 3.48. The first-order valence-electron chi connectivity index (χ1n) is 5.57. The summed E-state index contributed by atoms with van der Waals surface area (Å²) in [5, 5.41) is 0. The maximum atomic E-state index is 11.6. The SMILES string of the molecule is [C-]#[N+]C12OC(=O)C3CC(CC31)C2OC(=O)C=C. The molecular weight excluding hydrogens is 222 g/mol. The van der Waals surface area contributed by atoms with Crippen molar-refractivity contribution in [3.63, 3.8) is 0 Å². The van der Waals surface area contributed by atoms with Crippen LogP contribution in [-0.4, -0.2) is 23.8 Å². The number of carbonyl (C=O) groups is 2. The van der Waals surface area contributed by atoms with E-state index < -0.39 is 17.8 Å². The van der Waals surface area contributed by atoms with Crippen LogP contribution in [0.1, 0.15) is 12.8 Å². The summed E-state index contributed by atoms with van der Waals surface area (Å²) in [6, 6.07) is 0. The summed E-state index contributed by atoms with van der Waals surface area (Å²) in [5.74, 6) is -1.10. The van der Waals surface area contributed by atoms with E-state index in [0.29, 0.717) is 6.42 Å². The quantitative estimate of drug-likeness (QED) is 0.404. The zero-order chi connectivity index (χ0) is 12.2. The second kappa shape index (κ2) is 3.10. The highest BCUT2D eigenvalue weighted by Gasteiger charge is 2.78. The van der Waals surface area contributed by atoms with Gasteiger partial charge in [0.15, 0.2) is 0 Å². The van der Waals surface area contributed by atoms with Crippen molar-refractivity contribution in [1.82, 2.24) is 0 Å². The minimum Gasteiger partial charge on any atom is -0.446 e. The minimum absolute atomic E-state index is 0.0643. The van der Waals surface area contributed by atoms with Gasteiger partial charge in [-0.1, -0.05) is 6.58 Å². The third kappa shape index (κ3) is 1.08. The van der Waals surface area contributed by atoms with E-state index in [1.807, 2.05) is 0 Å². The molecule has 0 N–H and O–H groups in total. The zero-order valence-electron chi connectivity index (χ0n) is 9.09. The number of carbonyl (C=O) groups excluding carboxylic acids is 2. The third-order valence-electron chi connectivity index (χ3n) is 4.12. The Hall–Kier alpha value is -1.83. The second-order valence-corrected chi connectivity index (χ2v) is 4.79. The summed E-state index contributed by atoms with van der Waals surface area (Å²) in [5.41, 5.74) is -1.26. The summed E-state index contributed by atoms with van der Waals surface area (Å²) < 4.78 is 10.4. The molecule has 1 aliphatic heterocycles. The molecule has 1 heterocycles. The predicted octanol–water partition coefficient (Wildman–Crippen LogP) is 0.913.